The van der Waals surface area contributed by atoms with Crippen molar-refractivity contribution in [2.24, 2.45) is 11.8 Å². The summed E-state index contributed by atoms with van der Waals surface area (Å²) in [7, 11) is 0. The second-order valence-corrected chi connectivity index (χ2v) is 7.08. The standard InChI is InChI=1S/C15H19Br2NO/c1-3-10-4-7-14(9(10)2)18-15(19)12-6-5-11(16)8-13(12)17/h5-6,8-10,14H,3-4,7H2,1-2H3,(H,18,19). The Hall–Kier alpha value is -0.350. The van der Waals surface area contributed by atoms with E-state index in [1.807, 2.05) is 18.2 Å². The van der Waals surface area contributed by atoms with E-state index in [1.165, 1.54) is 12.8 Å². The van der Waals surface area contributed by atoms with Crippen LogP contribution in [0, 0.1) is 11.8 Å². The Morgan fingerprint density at radius 2 is 2.11 bits per heavy atom. The minimum Gasteiger partial charge on any atom is -0.349 e. The first-order valence-electron chi connectivity index (χ1n) is 6.78. The number of benzene rings is 1. The summed E-state index contributed by atoms with van der Waals surface area (Å²) in [4.78, 5) is 12.3. The highest BCUT2D eigenvalue weighted by molar-refractivity contribution is 9.11. The third kappa shape index (κ3) is 3.40. The van der Waals surface area contributed by atoms with Gasteiger partial charge in [-0.2, -0.15) is 0 Å². The van der Waals surface area contributed by atoms with E-state index in [0.29, 0.717) is 17.5 Å². The molecule has 1 saturated carbocycles. The van der Waals surface area contributed by atoms with Gasteiger partial charge in [0, 0.05) is 15.0 Å². The molecule has 4 heteroatoms. The van der Waals surface area contributed by atoms with E-state index in [9.17, 15) is 4.79 Å². The average molecular weight is 389 g/mol. The van der Waals surface area contributed by atoms with Gasteiger partial charge in [0.1, 0.15) is 0 Å². The highest BCUT2D eigenvalue weighted by atomic mass is 79.9. The quantitative estimate of drug-likeness (QED) is 0.793. The minimum atomic E-state index is 0.0213. The van der Waals surface area contributed by atoms with Crippen molar-refractivity contribution in [1.29, 1.82) is 0 Å². The second kappa shape index (κ2) is 6.40. The number of rotatable bonds is 3. The van der Waals surface area contributed by atoms with Gasteiger partial charge in [-0.3, -0.25) is 4.79 Å². The van der Waals surface area contributed by atoms with E-state index in [-0.39, 0.29) is 5.91 Å². The Balaban J connectivity index is 2.05. The van der Waals surface area contributed by atoms with Crippen LogP contribution in [0.25, 0.3) is 0 Å². The van der Waals surface area contributed by atoms with Crippen LogP contribution in [-0.2, 0) is 0 Å². The smallest absolute Gasteiger partial charge is 0.252 e. The molecule has 104 valence electrons. The van der Waals surface area contributed by atoms with Gasteiger partial charge in [-0.1, -0.05) is 36.2 Å². The zero-order valence-corrected chi connectivity index (χ0v) is 14.4. The molecule has 3 atom stereocenters. The van der Waals surface area contributed by atoms with Crippen LogP contribution in [0.1, 0.15) is 43.5 Å². The summed E-state index contributed by atoms with van der Waals surface area (Å²) in [6.45, 7) is 4.49. The Bertz CT molecular complexity index is 475. The fraction of sp³-hybridized carbons (Fsp3) is 0.533. The molecule has 1 amide bonds. The fourth-order valence-corrected chi connectivity index (χ4v) is 4.17. The van der Waals surface area contributed by atoms with Gasteiger partial charge in [0.15, 0.2) is 0 Å². The van der Waals surface area contributed by atoms with E-state index < -0.39 is 0 Å². The molecular formula is C15H19Br2NO. The van der Waals surface area contributed by atoms with E-state index in [0.717, 1.165) is 21.3 Å². The highest BCUT2D eigenvalue weighted by Crippen LogP contribution is 2.34. The second-order valence-electron chi connectivity index (χ2n) is 5.31. The predicted octanol–water partition coefficient (Wildman–Crippen LogP) is 4.77. The monoisotopic (exact) mass is 387 g/mol. The first-order chi connectivity index (χ1) is 9.02. The summed E-state index contributed by atoms with van der Waals surface area (Å²) in [5.41, 5.74) is 0.704. The molecule has 1 fully saturated rings. The van der Waals surface area contributed by atoms with Crippen molar-refractivity contribution in [3.05, 3.63) is 32.7 Å². The minimum absolute atomic E-state index is 0.0213. The lowest BCUT2D eigenvalue weighted by atomic mass is 9.93. The first-order valence-corrected chi connectivity index (χ1v) is 8.37. The summed E-state index contributed by atoms with van der Waals surface area (Å²) in [5, 5.41) is 3.19. The lowest BCUT2D eigenvalue weighted by molar-refractivity contribution is 0.0926. The van der Waals surface area contributed by atoms with Gasteiger partial charge in [-0.05, 0) is 58.8 Å². The zero-order valence-electron chi connectivity index (χ0n) is 11.2. The molecule has 1 aromatic carbocycles. The third-order valence-electron chi connectivity index (χ3n) is 4.24. The molecule has 19 heavy (non-hydrogen) atoms. The van der Waals surface area contributed by atoms with E-state index in [4.69, 9.17) is 0 Å². The Morgan fingerprint density at radius 1 is 1.37 bits per heavy atom. The van der Waals surface area contributed by atoms with E-state index in [1.54, 1.807) is 0 Å². The van der Waals surface area contributed by atoms with Crippen molar-refractivity contribution in [3.8, 4) is 0 Å². The average Bonchev–Trinajstić information content (AvgIpc) is 2.70. The van der Waals surface area contributed by atoms with Crippen LogP contribution in [-0.4, -0.2) is 11.9 Å². The van der Waals surface area contributed by atoms with Crippen LogP contribution < -0.4 is 5.32 Å². The molecule has 0 aromatic heterocycles. The number of hydrogen-bond acceptors (Lipinski definition) is 1. The van der Waals surface area contributed by atoms with Crippen molar-refractivity contribution in [1.82, 2.24) is 5.32 Å². The zero-order chi connectivity index (χ0) is 14.0. The fourth-order valence-electron chi connectivity index (χ4n) is 2.95. The molecule has 1 aliphatic carbocycles. The molecule has 0 heterocycles. The normalized spacial score (nSPS) is 26.4. The van der Waals surface area contributed by atoms with E-state index in [2.05, 4.69) is 51.0 Å². The summed E-state index contributed by atoms with van der Waals surface area (Å²) < 4.78 is 1.80. The maximum absolute atomic E-state index is 12.3. The molecule has 0 aliphatic heterocycles. The molecule has 2 nitrogen and oxygen atoms in total. The number of halogens is 2. The van der Waals surface area contributed by atoms with E-state index >= 15 is 0 Å². The van der Waals surface area contributed by atoms with Crippen LogP contribution in [0.15, 0.2) is 27.1 Å². The van der Waals surface area contributed by atoms with Crippen molar-refractivity contribution in [2.75, 3.05) is 0 Å². The van der Waals surface area contributed by atoms with Gasteiger partial charge in [-0.15, -0.1) is 0 Å². The number of hydrogen-bond donors (Lipinski definition) is 1. The molecule has 0 radical (unpaired) electrons. The molecule has 2 rings (SSSR count). The number of carbonyl (C=O) groups excluding carboxylic acids is 1. The van der Waals surface area contributed by atoms with Gasteiger partial charge >= 0.3 is 0 Å². The lowest BCUT2D eigenvalue weighted by Crippen LogP contribution is -2.37. The van der Waals surface area contributed by atoms with Crippen LogP contribution in [0.4, 0.5) is 0 Å². The molecule has 1 aliphatic rings. The van der Waals surface area contributed by atoms with Crippen LogP contribution in [0.5, 0.6) is 0 Å². The summed E-state index contributed by atoms with van der Waals surface area (Å²) in [5.74, 6) is 1.34. The molecule has 0 bridgehead atoms. The largest absolute Gasteiger partial charge is 0.349 e. The van der Waals surface area contributed by atoms with Crippen molar-refractivity contribution in [2.45, 2.75) is 39.2 Å². The molecular weight excluding hydrogens is 370 g/mol. The Labute approximate surface area is 131 Å². The van der Waals surface area contributed by atoms with Gasteiger partial charge in [0.2, 0.25) is 0 Å². The molecule has 0 spiro atoms. The van der Waals surface area contributed by atoms with Crippen molar-refractivity contribution < 1.29 is 4.79 Å². The summed E-state index contributed by atoms with van der Waals surface area (Å²) >= 11 is 6.85. The summed E-state index contributed by atoms with van der Waals surface area (Å²) in [6.07, 6.45) is 3.53. The van der Waals surface area contributed by atoms with Crippen molar-refractivity contribution in [3.63, 3.8) is 0 Å². The molecule has 1 aromatic rings. The molecule has 1 N–H and O–H groups in total. The van der Waals surface area contributed by atoms with Crippen LogP contribution >= 0.6 is 31.9 Å². The SMILES string of the molecule is CCC1CCC(NC(=O)c2ccc(Br)cc2Br)C1C. The maximum atomic E-state index is 12.3. The molecule has 3 unspecified atom stereocenters. The van der Waals surface area contributed by atoms with Gasteiger partial charge in [0.05, 0.1) is 5.56 Å². The Morgan fingerprint density at radius 3 is 2.68 bits per heavy atom. The number of nitrogens with one attached hydrogen (secondary N) is 1. The molecule has 0 saturated heterocycles. The topological polar surface area (TPSA) is 29.1 Å². The van der Waals surface area contributed by atoms with Gasteiger partial charge in [-0.25, -0.2) is 0 Å². The van der Waals surface area contributed by atoms with Gasteiger partial charge in [0.25, 0.3) is 5.91 Å². The third-order valence-corrected chi connectivity index (χ3v) is 5.39. The van der Waals surface area contributed by atoms with Gasteiger partial charge < -0.3 is 5.32 Å². The number of carbonyl (C=O) groups is 1. The lowest BCUT2D eigenvalue weighted by Gasteiger charge is -2.21. The van der Waals surface area contributed by atoms with Crippen molar-refractivity contribution >= 4 is 37.8 Å². The predicted molar refractivity (Wildman–Crippen MR) is 85.3 cm³/mol. The van der Waals surface area contributed by atoms with Crippen LogP contribution in [0.2, 0.25) is 0 Å². The Kier molecular flexibility index (Phi) is 5.07. The summed E-state index contributed by atoms with van der Waals surface area (Å²) in [6, 6.07) is 5.96. The maximum Gasteiger partial charge on any atom is 0.252 e. The highest BCUT2D eigenvalue weighted by Gasteiger charge is 2.32. The van der Waals surface area contributed by atoms with Crippen LogP contribution in [0.3, 0.4) is 0 Å². The number of amides is 1. The first kappa shape index (κ1) is 15.0.